The molecule has 5 nitrogen and oxygen atoms in total. The Balaban J connectivity index is 1.30. The predicted molar refractivity (Wildman–Crippen MR) is 118 cm³/mol. The minimum Gasteiger partial charge on any atom is -0.392 e. The average Bonchev–Trinajstić information content (AvgIpc) is 3.22. The Morgan fingerprint density at radius 3 is 2.63 bits per heavy atom. The van der Waals surface area contributed by atoms with E-state index in [2.05, 4.69) is 58.3 Å². The number of hydrazone groups is 1. The van der Waals surface area contributed by atoms with Crippen molar-refractivity contribution in [1.82, 2.24) is 10.7 Å². The highest BCUT2D eigenvalue weighted by atomic mass is 16.3. The third kappa shape index (κ3) is 3.57. The lowest BCUT2D eigenvalue weighted by Crippen LogP contribution is -2.45. The van der Waals surface area contributed by atoms with Gasteiger partial charge in [-0.05, 0) is 59.4 Å². The number of aliphatic hydroxyl groups excluding tert-OH is 1. The maximum absolute atomic E-state index is 12.7. The number of nitrogens with one attached hydrogen (secondary N) is 2. The van der Waals surface area contributed by atoms with E-state index in [1.165, 1.54) is 10.8 Å². The van der Waals surface area contributed by atoms with Gasteiger partial charge < -0.3 is 15.8 Å². The lowest BCUT2D eigenvalue weighted by molar-refractivity contribution is 0.0921. The molecule has 2 unspecified atom stereocenters. The Bertz CT molecular complexity index is 1110. The third-order valence-electron chi connectivity index (χ3n) is 6.33. The number of hydrogen-bond acceptors (Lipinski definition) is 4. The van der Waals surface area contributed by atoms with Crippen LogP contribution in [-0.4, -0.2) is 28.8 Å². The number of nitrogens with zero attached hydrogens (tertiary/aromatic N) is 1. The van der Waals surface area contributed by atoms with E-state index in [1.807, 2.05) is 0 Å². The maximum Gasteiger partial charge on any atom is 0.251 e. The second-order valence-corrected chi connectivity index (χ2v) is 8.24. The minimum atomic E-state index is -0.0573. The lowest BCUT2D eigenvalue weighted by atomic mass is 9.78. The van der Waals surface area contributed by atoms with Gasteiger partial charge in [0.15, 0.2) is 0 Å². The van der Waals surface area contributed by atoms with E-state index in [9.17, 15) is 9.90 Å². The zero-order chi connectivity index (χ0) is 20.5. The normalized spacial score (nSPS) is 22.8. The molecule has 3 aromatic rings. The van der Waals surface area contributed by atoms with Gasteiger partial charge in [-0.3, -0.25) is 4.79 Å². The Hall–Kier alpha value is -3.18. The molecule has 3 aromatic carbocycles. The van der Waals surface area contributed by atoms with Crippen LogP contribution < -0.4 is 10.7 Å². The van der Waals surface area contributed by atoms with Gasteiger partial charge in [0.25, 0.3) is 5.91 Å². The molecule has 0 aromatic heterocycles. The van der Waals surface area contributed by atoms with Crippen molar-refractivity contribution in [2.24, 2.45) is 11.0 Å². The zero-order valence-electron chi connectivity index (χ0n) is 16.7. The summed E-state index contributed by atoms with van der Waals surface area (Å²) < 4.78 is 0. The Morgan fingerprint density at radius 2 is 1.83 bits per heavy atom. The molecule has 0 saturated heterocycles. The quantitative estimate of drug-likeness (QED) is 0.628. The molecule has 30 heavy (non-hydrogen) atoms. The van der Waals surface area contributed by atoms with Crippen molar-refractivity contribution in [1.29, 1.82) is 0 Å². The van der Waals surface area contributed by atoms with Crippen LogP contribution in [-0.2, 0) is 6.61 Å². The van der Waals surface area contributed by atoms with Gasteiger partial charge in [0.05, 0.1) is 18.4 Å². The van der Waals surface area contributed by atoms with Gasteiger partial charge in [0.1, 0.15) is 0 Å². The highest BCUT2D eigenvalue weighted by Gasteiger charge is 2.38. The minimum absolute atomic E-state index is 0.0164. The van der Waals surface area contributed by atoms with E-state index in [0.717, 1.165) is 36.1 Å². The number of hydrogen-bond donors (Lipinski definition) is 3. The van der Waals surface area contributed by atoms with Gasteiger partial charge in [-0.2, -0.15) is 5.10 Å². The summed E-state index contributed by atoms with van der Waals surface area (Å²) >= 11 is 0. The van der Waals surface area contributed by atoms with Crippen LogP contribution in [0.1, 0.15) is 40.7 Å². The largest absolute Gasteiger partial charge is 0.392 e. The summed E-state index contributed by atoms with van der Waals surface area (Å²) in [5.74, 6) is 0.236. The van der Waals surface area contributed by atoms with Crippen LogP contribution in [0, 0.1) is 5.92 Å². The topological polar surface area (TPSA) is 73.7 Å². The predicted octanol–water partition coefficient (Wildman–Crippen LogP) is 3.61. The molecular formula is C25H25N3O2. The second kappa shape index (κ2) is 7.92. The molecule has 5 rings (SSSR count). The van der Waals surface area contributed by atoms with Crippen LogP contribution in [0.3, 0.4) is 0 Å². The SMILES string of the molecule is O=C(NC1CCC2NN=C(c3ccc4ccccc4c3)[C@H]2C1)c1ccc(CO)cc1. The molecule has 0 radical (unpaired) electrons. The van der Waals surface area contributed by atoms with Gasteiger partial charge in [0, 0.05) is 17.5 Å². The number of carbonyl (C=O) groups excluding carboxylic acids is 1. The molecule has 1 heterocycles. The zero-order valence-corrected chi connectivity index (χ0v) is 16.7. The van der Waals surface area contributed by atoms with Crippen LogP contribution in [0.4, 0.5) is 0 Å². The fraction of sp³-hybridized carbons (Fsp3) is 0.280. The Morgan fingerprint density at radius 1 is 1.03 bits per heavy atom. The van der Waals surface area contributed by atoms with Crippen molar-refractivity contribution in [3.8, 4) is 0 Å². The molecule has 1 fully saturated rings. The lowest BCUT2D eigenvalue weighted by Gasteiger charge is -2.32. The van der Waals surface area contributed by atoms with Gasteiger partial charge in [-0.25, -0.2) is 0 Å². The molecule has 152 valence electrons. The van der Waals surface area contributed by atoms with Gasteiger partial charge in [-0.1, -0.05) is 48.5 Å². The number of carbonyl (C=O) groups is 1. The molecule has 0 spiro atoms. The third-order valence-corrected chi connectivity index (χ3v) is 6.33. The first kappa shape index (κ1) is 18.8. The summed E-state index contributed by atoms with van der Waals surface area (Å²) in [6.45, 7) is -0.0164. The first-order chi connectivity index (χ1) is 14.7. The average molecular weight is 399 g/mol. The number of fused-ring (bicyclic) bond motifs is 2. The standard InChI is InChI=1S/C25H25N3O2/c29-15-16-5-7-18(8-6-16)25(30)26-21-11-12-23-22(14-21)24(28-27-23)20-10-9-17-3-1-2-4-19(17)13-20/h1-10,13,21-23,27,29H,11-12,14-15H2,(H,26,30)/t21?,22-,23?/m0/s1. The molecule has 2 aliphatic rings. The number of benzene rings is 3. The van der Waals surface area contributed by atoms with Gasteiger partial charge in [-0.15, -0.1) is 0 Å². The van der Waals surface area contributed by atoms with E-state index >= 15 is 0 Å². The summed E-state index contributed by atoms with van der Waals surface area (Å²) in [4.78, 5) is 12.7. The van der Waals surface area contributed by atoms with Crippen molar-refractivity contribution < 1.29 is 9.90 Å². The summed E-state index contributed by atoms with van der Waals surface area (Å²) in [7, 11) is 0. The summed E-state index contributed by atoms with van der Waals surface area (Å²) in [6.07, 6.45) is 2.80. The van der Waals surface area contributed by atoms with E-state index in [4.69, 9.17) is 0 Å². The fourth-order valence-electron chi connectivity index (χ4n) is 4.65. The van der Waals surface area contributed by atoms with Crippen molar-refractivity contribution in [3.05, 3.63) is 83.4 Å². The van der Waals surface area contributed by atoms with Crippen LogP contribution >= 0.6 is 0 Å². The van der Waals surface area contributed by atoms with E-state index in [1.54, 1.807) is 24.3 Å². The first-order valence-electron chi connectivity index (χ1n) is 10.5. The highest BCUT2D eigenvalue weighted by molar-refractivity contribution is 6.06. The monoisotopic (exact) mass is 399 g/mol. The smallest absolute Gasteiger partial charge is 0.251 e. The molecule has 0 bridgehead atoms. The highest BCUT2D eigenvalue weighted by Crippen LogP contribution is 2.32. The van der Waals surface area contributed by atoms with Crippen LogP contribution in [0.2, 0.25) is 0 Å². The molecule has 3 atom stereocenters. The van der Waals surface area contributed by atoms with Gasteiger partial charge in [0.2, 0.25) is 0 Å². The summed E-state index contributed by atoms with van der Waals surface area (Å²) in [6, 6.07) is 22.5. The molecule has 1 aliphatic carbocycles. The molecule has 3 N–H and O–H groups in total. The van der Waals surface area contributed by atoms with Crippen molar-refractivity contribution in [2.45, 2.75) is 38.0 Å². The van der Waals surface area contributed by atoms with Crippen molar-refractivity contribution >= 4 is 22.4 Å². The Labute approximate surface area is 175 Å². The van der Waals surface area contributed by atoms with E-state index in [-0.39, 0.29) is 18.6 Å². The number of rotatable bonds is 4. The molecule has 5 heteroatoms. The molecule has 1 saturated carbocycles. The number of amides is 1. The summed E-state index contributed by atoms with van der Waals surface area (Å²) in [5.41, 5.74) is 7.01. The van der Waals surface area contributed by atoms with E-state index < -0.39 is 0 Å². The fourth-order valence-corrected chi connectivity index (χ4v) is 4.65. The van der Waals surface area contributed by atoms with Gasteiger partial charge >= 0.3 is 0 Å². The van der Waals surface area contributed by atoms with Crippen LogP contribution in [0.5, 0.6) is 0 Å². The maximum atomic E-state index is 12.7. The second-order valence-electron chi connectivity index (χ2n) is 8.24. The molecule has 1 amide bonds. The first-order valence-corrected chi connectivity index (χ1v) is 10.5. The van der Waals surface area contributed by atoms with Crippen molar-refractivity contribution in [3.63, 3.8) is 0 Å². The summed E-state index contributed by atoms with van der Waals surface area (Å²) in [5, 5.41) is 19.5. The molecule has 1 aliphatic heterocycles. The van der Waals surface area contributed by atoms with Crippen LogP contribution in [0.15, 0.2) is 71.8 Å². The van der Waals surface area contributed by atoms with E-state index in [0.29, 0.717) is 17.5 Å². The van der Waals surface area contributed by atoms with Crippen molar-refractivity contribution in [2.75, 3.05) is 0 Å². The number of aliphatic hydroxyl groups is 1. The molecular weight excluding hydrogens is 374 g/mol. The van der Waals surface area contributed by atoms with Crippen LogP contribution in [0.25, 0.3) is 10.8 Å². The Kier molecular flexibility index (Phi) is 4.97.